The van der Waals surface area contributed by atoms with Gasteiger partial charge in [-0.2, -0.15) is 8.78 Å². The molecular formula is C21H24F4N2O4. The number of carbonyl (C=O) groups excluding carboxylic acids is 1. The zero-order valence-electron chi connectivity index (χ0n) is 17.3. The van der Waals surface area contributed by atoms with E-state index < -0.39 is 25.0 Å². The predicted octanol–water partition coefficient (Wildman–Crippen LogP) is 4.78. The summed E-state index contributed by atoms with van der Waals surface area (Å²) in [6, 6.07) is 11.1. The molecule has 0 heterocycles. The maximum absolute atomic E-state index is 12.9. The third-order valence-corrected chi connectivity index (χ3v) is 4.31. The zero-order valence-corrected chi connectivity index (χ0v) is 17.3. The van der Waals surface area contributed by atoms with E-state index in [1.165, 1.54) is 25.2 Å². The summed E-state index contributed by atoms with van der Waals surface area (Å²) in [4.78, 5) is 13.9. The maximum atomic E-state index is 12.9. The first-order valence-corrected chi connectivity index (χ1v) is 9.22. The molecule has 0 saturated carbocycles. The molecule has 2 aromatic rings. The van der Waals surface area contributed by atoms with E-state index in [0.717, 1.165) is 5.56 Å². The van der Waals surface area contributed by atoms with Gasteiger partial charge in [-0.1, -0.05) is 12.1 Å². The van der Waals surface area contributed by atoms with Gasteiger partial charge < -0.3 is 24.4 Å². The van der Waals surface area contributed by atoms with Gasteiger partial charge in [0.05, 0.1) is 27.4 Å². The van der Waals surface area contributed by atoms with E-state index in [0.29, 0.717) is 22.7 Å². The summed E-state index contributed by atoms with van der Waals surface area (Å²) in [6.07, 6.45) is -3.79. The molecule has 0 fully saturated rings. The standard InChI is InChI=1S/C21H24F4N2O4/c1-27(11-15-7-8-17(29-2)10-18(15)30-3)20(28)26-16-6-4-5-14(9-16)12-31-13-21(24,25)19(22)23/h4-10,19H,11-13H2,1-3H3,(H,26,28). The Balaban J connectivity index is 1.95. The number of amides is 2. The summed E-state index contributed by atoms with van der Waals surface area (Å²) in [5.74, 6) is -3.02. The van der Waals surface area contributed by atoms with E-state index in [9.17, 15) is 22.4 Å². The zero-order chi connectivity index (χ0) is 23.0. The number of alkyl halides is 4. The van der Waals surface area contributed by atoms with Crippen LogP contribution in [0.15, 0.2) is 42.5 Å². The van der Waals surface area contributed by atoms with Crippen LogP contribution in [0.3, 0.4) is 0 Å². The number of urea groups is 1. The Morgan fingerprint density at radius 3 is 2.52 bits per heavy atom. The number of hydrogen-bond donors (Lipinski definition) is 1. The van der Waals surface area contributed by atoms with E-state index in [1.54, 1.807) is 43.4 Å². The van der Waals surface area contributed by atoms with Gasteiger partial charge in [0.2, 0.25) is 0 Å². The van der Waals surface area contributed by atoms with Crippen LogP contribution in [-0.2, 0) is 17.9 Å². The summed E-state index contributed by atoms with van der Waals surface area (Å²) in [5, 5.41) is 2.69. The fourth-order valence-corrected chi connectivity index (χ4v) is 2.64. The lowest BCUT2D eigenvalue weighted by atomic mass is 10.2. The van der Waals surface area contributed by atoms with Crippen molar-refractivity contribution in [3.05, 3.63) is 53.6 Å². The van der Waals surface area contributed by atoms with Crippen molar-refractivity contribution in [1.29, 1.82) is 0 Å². The third kappa shape index (κ3) is 7.02. The Morgan fingerprint density at radius 2 is 1.87 bits per heavy atom. The number of ether oxygens (including phenoxy) is 3. The average molecular weight is 444 g/mol. The molecule has 0 spiro atoms. The van der Waals surface area contributed by atoms with Gasteiger partial charge in [-0.25, -0.2) is 13.6 Å². The molecule has 10 heteroatoms. The number of anilines is 1. The minimum atomic E-state index is -4.21. The van der Waals surface area contributed by atoms with Crippen molar-refractivity contribution in [2.75, 3.05) is 33.2 Å². The van der Waals surface area contributed by atoms with E-state index in [1.807, 2.05) is 0 Å². The Kier molecular flexibility index (Phi) is 8.49. The third-order valence-electron chi connectivity index (χ3n) is 4.31. The molecule has 2 aromatic carbocycles. The van der Waals surface area contributed by atoms with Gasteiger partial charge in [-0.15, -0.1) is 0 Å². The van der Waals surface area contributed by atoms with Crippen LogP contribution in [0.5, 0.6) is 11.5 Å². The summed E-state index contributed by atoms with van der Waals surface area (Å²) in [5.41, 5.74) is 1.62. The van der Waals surface area contributed by atoms with Crippen LogP contribution >= 0.6 is 0 Å². The number of benzene rings is 2. The molecular weight excluding hydrogens is 420 g/mol. The van der Waals surface area contributed by atoms with Crippen LogP contribution < -0.4 is 14.8 Å². The number of nitrogens with zero attached hydrogens (tertiary/aromatic N) is 1. The van der Waals surface area contributed by atoms with Gasteiger partial charge in [0.25, 0.3) is 0 Å². The number of rotatable bonds is 10. The van der Waals surface area contributed by atoms with Crippen LogP contribution in [0.25, 0.3) is 0 Å². The molecule has 0 saturated heterocycles. The highest BCUT2D eigenvalue weighted by Crippen LogP contribution is 2.26. The molecule has 170 valence electrons. The first-order valence-electron chi connectivity index (χ1n) is 9.22. The summed E-state index contributed by atoms with van der Waals surface area (Å²) >= 11 is 0. The second-order valence-electron chi connectivity index (χ2n) is 6.72. The molecule has 31 heavy (non-hydrogen) atoms. The number of hydrogen-bond acceptors (Lipinski definition) is 4. The van der Waals surface area contributed by atoms with Crippen LogP contribution in [0.1, 0.15) is 11.1 Å². The normalized spacial score (nSPS) is 11.4. The molecule has 0 aromatic heterocycles. The number of carbonyl (C=O) groups is 1. The highest BCUT2D eigenvalue weighted by atomic mass is 19.3. The van der Waals surface area contributed by atoms with Crippen molar-refractivity contribution in [2.45, 2.75) is 25.5 Å². The van der Waals surface area contributed by atoms with E-state index in [4.69, 9.17) is 14.2 Å². The van der Waals surface area contributed by atoms with Crippen LogP contribution in [0, 0.1) is 0 Å². The summed E-state index contributed by atoms with van der Waals surface area (Å²) in [6.45, 7) is -1.44. The largest absolute Gasteiger partial charge is 0.497 e. The summed E-state index contributed by atoms with van der Waals surface area (Å²) < 4.78 is 65.3. The van der Waals surface area contributed by atoms with Crippen molar-refractivity contribution in [2.24, 2.45) is 0 Å². The Morgan fingerprint density at radius 1 is 1.13 bits per heavy atom. The number of methoxy groups -OCH3 is 2. The van der Waals surface area contributed by atoms with E-state index >= 15 is 0 Å². The lowest BCUT2D eigenvalue weighted by molar-refractivity contribution is -0.168. The minimum Gasteiger partial charge on any atom is -0.497 e. The molecule has 2 rings (SSSR count). The second kappa shape index (κ2) is 10.9. The van der Waals surface area contributed by atoms with Gasteiger partial charge in [0.15, 0.2) is 0 Å². The summed E-state index contributed by atoms with van der Waals surface area (Å²) in [7, 11) is 4.65. The van der Waals surface area contributed by atoms with Gasteiger partial charge in [0.1, 0.15) is 18.1 Å². The van der Waals surface area contributed by atoms with Gasteiger partial charge in [-0.05, 0) is 29.8 Å². The van der Waals surface area contributed by atoms with Crippen LogP contribution in [0.4, 0.5) is 28.0 Å². The minimum absolute atomic E-state index is 0.254. The lowest BCUT2D eigenvalue weighted by Crippen LogP contribution is -2.32. The lowest BCUT2D eigenvalue weighted by Gasteiger charge is -2.20. The highest BCUT2D eigenvalue weighted by molar-refractivity contribution is 5.89. The van der Waals surface area contributed by atoms with Crippen molar-refractivity contribution in [1.82, 2.24) is 4.90 Å². The number of halogens is 4. The molecule has 0 unspecified atom stereocenters. The van der Waals surface area contributed by atoms with Crippen molar-refractivity contribution in [3.8, 4) is 11.5 Å². The van der Waals surface area contributed by atoms with Crippen molar-refractivity contribution in [3.63, 3.8) is 0 Å². The average Bonchev–Trinajstić information content (AvgIpc) is 2.74. The fraction of sp³-hybridized carbons (Fsp3) is 0.381. The van der Waals surface area contributed by atoms with E-state index in [-0.39, 0.29) is 13.2 Å². The molecule has 0 radical (unpaired) electrons. The van der Waals surface area contributed by atoms with Gasteiger partial charge >= 0.3 is 18.4 Å². The smallest absolute Gasteiger partial charge is 0.330 e. The molecule has 0 aliphatic carbocycles. The molecule has 0 aliphatic rings. The Bertz CT molecular complexity index is 880. The van der Waals surface area contributed by atoms with Crippen molar-refractivity contribution >= 4 is 11.7 Å². The number of nitrogens with one attached hydrogen (secondary N) is 1. The molecule has 6 nitrogen and oxygen atoms in total. The Labute approximate surface area is 177 Å². The molecule has 1 N–H and O–H groups in total. The molecule has 2 amide bonds. The maximum Gasteiger partial charge on any atom is 0.330 e. The van der Waals surface area contributed by atoms with E-state index in [2.05, 4.69) is 5.32 Å². The molecule has 0 atom stereocenters. The highest BCUT2D eigenvalue weighted by Gasteiger charge is 2.40. The first-order chi connectivity index (χ1) is 14.7. The molecule has 0 bridgehead atoms. The van der Waals surface area contributed by atoms with Crippen LogP contribution in [-0.4, -0.2) is 51.2 Å². The topological polar surface area (TPSA) is 60.0 Å². The second-order valence-corrected chi connectivity index (χ2v) is 6.72. The van der Waals surface area contributed by atoms with Crippen LogP contribution in [0.2, 0.25) is 0 Å². The Hall–Kier alpha value is -3.01. The first kappa shape index (κ1) is 24.3. The van der Waals surface area contributed by atoms with Gasteiger partial charge in [0, 0.05) is 24.4 Å². The predicted molar refractivity (Wildman–Crippen MR) is 107 cm³/mol. The van der Waals surface area contributed by atoms with Gasteiger partial charge in [-0.3, -0.25) is 0 Å². The monoisotopic (exact) mass is 444 g/mol. The quantitative estimate of drug-likeness (QED) is 0.536. The van der Waals surface area contributed by atoms with Crippen molar-refractivity contribution < 1.29 is 36.6 Å². The SMILES string of the molecule is COc1ccc(CN(C)C(=O)Nc2cccc(COCC(F)(F)C(F)F)c2)c(OC)c1. The molecule has 0 aliphatic heterocycles. The fourth-order valence-electron chi connectivity index (χ4n) is 2.64.